The molecule has 0 saturated carbocycles. The summed E-state index contributed by atoms with van der Waals surface area (Å²) in [5, 5.41) is 3.06. The summed E-state index contributed by atoms with van der Waals surface area (Å²) in [6.07, 6.45) is 0.985. The van der Waals surface area contributed by atoms with Crippen molar-refractivity contribution in [2.24, 2.45) is 0 Å². The van der Waals surface area contributed by atoms with E-state index in [1.807, 2.05) is 6.92 Å². The van der Waals surface area contributed by atoms with Gasteiger partial charge in [-0.15, -0.1) is 0 Å². The molecule has 0 aromatic heterocycles. The van der Waals surface area contributed by atoms with Crippen molar-refractivity contribution in [3.8, 4) is 0 Å². The highest BCUT2D eigenvalue weighted by molar-refractivity contribution is 7.89. The second-order valence-corrected chi connectivity index (χ2v) is 5.82. The molecule has 0 heterocycles. The first-order valence-corrected chi connectivity index (χ1v) is 7.42. The van der Waals surface area contributed by atoms with Gasteiger partial charge in [0.15, 0.2) is 0 Å². The van der Waals surface area contributed by atoms with Gasteiger partial charge in [0, 0.05) is 13.1 Å². The third kappa shape index (κ3) is 4.36. The van der Waals surface area contributed by atoms with E-state index < -0.39 is 15.8 Å². The largest absolute Gasteiger partial charge is 0.315 e. The Hall–Kier alpha value is -0.980. The van der Waals surface area contributed by atoms with E-state index in [0.717, 1.165) is 13.0 Å². The number of benzene rings is 1. The molecule has 0 fully saturated rings. The van der Waals surface area contributed by atoms with Crippen LogP contribution in [0.2, 0.25) is 0 Å². The summed E-state index contributed by atoms with van der Waals surface area (Å²) < 4.78 is 39.5. The number of hydrogen-bond acceptors (Lipinski definition) is 3. The number of aryl methyl sites for hydroxylation is 1. The molecule has 1 rings (SSSR count). The van der Waals surface area contributed by atoms with Gasteiger partial charge in [-0.1, -0.05) is 13.0 Å². The number of rotatable bonds is 7. The molecule has 1 aromatic rings. The van der Waals surface area contributed by atoms with Crippen LogP contribution in [0.25, 0.3) is 0 Å². The molecule has 4 nitrogen and oxygen atoms in total. The predicted molar refractivity (Wildman–Crippen MR) is 69.5 cm³/mol. The van der Waals surface area contributed by atoms with Crippen molar-refractivity contribution in [1.29, 1.82) is 0 Å². The van der Waals surface area contributed by atoms with Crippen molar-refractivity contribution < 1.29 is 12.8 Å². The van der Waals surface area contributed by atoms with Gasteiger partial charge in [0.2, 0.25) is 10.0 Å². The molecule has 2 N–H and O–H groups in total. The van der Waals surface area contributed by atoms with Crippen LogP contribution in [-0.2, 0) is 10.0 Å². The van der Waals surface area contributed by atoms with Crippen LogP contribution in [-0.4, -0.2) is 28.1 Å². The second kappa shape index (κ2) is 6.82. The third-order valence-electron chi connectivity index (χ3n) is 2.40. The molecule has 0 radical (unpaired) electrons. The van der Waals surface area contributed by atoms with Crippen LogP contribution in [0.1, 0.15) is 18.9 Å². The quantitative estimate of drug-likeness (QED) is 0.739. The highest BCUT2D eigenvalue weighted by Crippen LogP contribution is 2.15. The summed E-state index contributed by atoms with van der Waals surface area (Å²) in [6, 6.07) is 4.07. The highest BCUT2D eigenvalue weighted by Gasteiger charge is 2.17. The van der Waals surface area contributed by atoms with Crippen LogP contribution in [0.5, 0.6) is 0 Å². The zero-order valence-electron chi connectivity index (χ0n) is 10.7. The van der Waals surface area contributed by atoms with Gasteiger partial charge in [-0.3, -0.25) is 0 Å². The SMILES string of the molecule is CCCNCCNS(=O)(=O)c1ccc(C)cc1F. The molecule has 0 aliphatic rings. The van der Waals surface area contributed by atoms with Gasteiger partial charge >= 0.3 is 0 Å². The molecule has 18 heavy (non-hydrogen) atoms. The molecule has 0 bridgehead atoms. The fraction of sp³-hybridized carbons (Fsp3) is 0.500. The summed E-state index contributed by atoms with van der Waals surface area (Å²) >= 11 is 0. The van der Waals surface area contributed by atoms with Gasteiger partial charge in [-0.2, -0.15) is 0 Å². The monoisotopic (exact) mass is 274 g/mol. The Labute approximate surface area is 108 Å². The Bertz CT molecular complexity index is 489. The lowest BCUT2D eigenvalue weighted by molar-refractivity contribution is 0.553. The molecule has 0 aliphatic heterocycles. The van der Waals surface area contributed by atoms with Crippen molar-refractivity contribution in [1.82, 2.24) is 10.0 Å². The highest BCUT2D eigenvalue weighted by atomic mass is 32.2. The first kappa shape index (κ1) is 15.1. The molecule has 1 aromatic carbocycles. The standard InChI is InChI=1S/C12H19FN2O2S/c1-3-6-14-7-8-15-18(16,17)12-5-4-10(2)9-11(12)13/h4-5,9,14-15H,3,6-8H2,1-2H3. The maximum atomic E-state index is 13.5. The topological polar surface area (TPSA) is 58.2 Å². The summed E-state index contributed by atoms with van der Waals surface area (Å²) in [5.74, 6) is -0.719. The number of halogens is 1. The van der Waals surface area contributed by atoms with Gasteiger partial charge in [0.1, 0.15) is 10.7 Å². The Kier molecular flexibility index (Phi) is 5.71. The molecule has 0 unspecified atom stereocenters. The van der Waals surface area contributed by atoms with Gasteiger partial charge in [-0.25, -0.2) is 17.5 Å². The number of nitrogens with one attached hydrogen (secondary N) is 2. The fourth-order valence-corrected chi connectivity index (χ4v) is 2.57. The van der Waals surface area contributed by atoms with Gasteiger partial charge < -0.3 is 5.32 Å². The Balaban J connectivity index is 2.63. The molecular formula is C12H19FN2O2S. The smallest absolute Gasteiger partial charge is 0.243 e. The Morgan fingerprint density at radius 2 is 1.94 bits per heavy atom. The minimum atomic E-state index is -3.76. The zero-order valence-corrected chi connectivity index (χ0v) is 11.5. The summed E-state index contributed by atoms with van der Waals surface area (Å²) in [4.78, 5) is -0.302. The first-order valence-electron chi connectivity index (χ1n) is 5.94. The summed E-state index contributed by atoms with van der Waals surface area (Å²) in [7, 11) is -3.76. The van der Waals surface area contributed by atoms with Gasteiger partial charge in [-0.05, 0) is 37.6 Å². The summed E-state index contributed by atoms with van der Waals surface area (Å²) in [6.45, 7) is 5.34. The van der Waals surface area contributed by atoms with E-state index in [1.54, 1.807) is 13.0 Å². The van der Waals surface area contributed by atoms with Crippen LogP contribution in [0.3, 0.4) is 0 Å². The molecule has 102 valence electrons. The first-order chi connectivity index (χ1) is 8.47. The molecule has 0 amide bonds. The number of sulfonamides is 1. The van der Waals surface area contributed by atoms with E-state index in [1.165, 1.54) is 12.1 Å². The van der Waals surface area contributed by atoms with Crippen LogP contribution < -0.4 is 10.0 Å². The van der Waals surface area contributed by atoms with E-state index in [4.69, 9.17) is 0 Å². The van der Waals surface area contributed by atoms with E-state index in [-0.39, 0.29) is 11.4 Å². The molecule has 6 heteroatoms. The molecule has 0 aliphatic carbocycles. The van der Waals surface area contributed by atoms with Crippen molar-refractivity contribution in [2.45, 2.75) is 25.2 Å². The van der Waals surface area contributed by atoms with Crippen molar-refractivity contribution >= 4 is 10.0 Å². The van der Waals surface area contributed by atoms with E-state index >= 15 is 0 Å². The summed E-state index contributed by atoms with van der Waals surface area (Å²) in [5.41, 5.74) is 0.691. The van der Waals surface area contributed by atoms with Crippen LogP contribution in [0.15, 0.2) is 23.1 Å². The average molecular weight is 274 g/mol. The second-order valence-electron chi connectivity index (χ2n) is 4.08. The van der Waals surface area contributed by atoms with Gasteiger partial charge in [0.05, 0.1) is 0 Å². The Morgan fingerprint density at radius 3 is 2.56 bits per heavy atom. The predicted octanol–water partition coefficient (Wildman–Crippen LogP) is 1.41. The molecule has 0 saturated heterocycles. The van der Waals surface area contributed by atoms with E-state index in [9.17, 15) is 12.8 Å². The minimum Gasteiger partial charge on any atom is -0.315 e. The fourth-order valence-electron chi connectivity index (χ4n) is 1.48. The van der Waals surface area contributed by atoms with Crippen LogP contribution in [0.4, 0.5) is 4.39 Å². The maximum Gasteiger partial charge on any atom is 0.243 e. The van der Waals surface area contributed by atoms with Crippen LogP contribution in [0, 0.1) is 12.7 Å². The van der Waals surface area contributed by atoms with Crippen LogP contribution >= 0.6 is 0 Å². The maximum absolute atomic E-state index is 13.5. The van der Waals surface area contributed by atoms with Crippen molar-refractivity contribution in [2.75, 3.05) is 19.6 Å². The third-order valence-corrected chi connectivity index (χ3v) is 3.89. The normalized spacial score (nSPS) is 11.7. The average Bonchev–Trinajstić information content (AvgIpc) is 2.28. The zero-order chi connectivity index (χ0) is 13.6. The van der Waals surface area contributed by atoms with E-state index in [2.05, 4.69) is 10.0 Å². The lowest BCUT2D eigenvalue weighted by Crippen LogP contribution is -2.32. The molecular weight excluding hydrogens is 255 g/mol. The van der Waals surface area contributed by atoms with Gasteiger partial charge in [0.25, 0.3) is 0 Å². The van der Waals surface area contributed by atoms with Crippen molar-refractivity contribution in [3.63, 3.8) is 0 Å². The van der Waals surface area contributed by atoms with Crippen molar-refractivity contribution in [3.05, 3.63) is 29.6 Å². The van der Waals surface area contributed by atoms with E-state index in [0.29, 0.717) is 12.1 Å². The Morgan fingerprint density at radius 1 is 1.22 bits per heavy atom. The molecule has 0 spiro atoms. The number of hydrogen-bond donors (Lipinski definition) is 2. The minimum absolute atomic E-state index is 0.246. The lowest BCUT2D eigenvalue weighted by Gasteiger charge is -2.08. The molecule has 0 atom stereocenters. The lowest BCUT2D eigenvalue weighted by atomic mass is 10.2.